The minimum atomic E-state index is -0.558. The molecule has 0 fully saturated rings. The number of ether oxygens (including phenoxy) is 4. The van der Waals surface area contributed by atoms with Gasteiger partial charge in [0.2, 0.25) is 6.29 Å². The van der Waals surface area contributed by atoms with Gasteiger partial charge in [-0.1, -0.05) is 12.1 Å². The number of hydrogen-bond donors (Lipinski definition) is 2. The normalized spacial score (nSPS) is 21.6. The Hall–Kier alpha value is -2.09. The lowest BCUT2D eigenvalue weighted by Crippen LogP contribution is -2.39. The van der Waals surface area contributed by atoms with Gasteiger partial charge in [-0.15, -0.1) is 0 Å². The van der Waals surface area contributed by atoms with Crippen LogP contribution in [0.5, 0.6) is 5.75 Å². The van der Waals surface area contributed by atoms with Crippen molar-refractivity contribution in [2.45, 2.75) is 32.0 Å². The van der Waals surface area contributed by atoms with Crippen molar-refractivity contribution >= 4 is 5.91 Å². The van der Waals surface area contributed by atoms with Crippen LogP contribution in [-0.4, -0.2) is 57.9 Å². The first kappa shape index (κ1) is 22.2. The van der Waals surface area contributed by atoms with Gasteiger partial charge in [-0.2, -0.15) is 0 Å². The van der Waals surface area contributed by atoms with Gasteiger partial charge >= 0.3 is 0 Å². The number of allylic oxidation sites excluding steroid dienone is 1. The lowest BCUT2D eigenvalue weighted by molar-refractivity contribution is -0.166. The van der Waals surface area contributed by atoms with Gasteiger partial charge in [0.1, 0.15) is 5.75 Å². The number of nitrogens with one attached hydrogen (secondary N) is 1. The molecule has 7 nitrogen and oxygen atoms in total. The van der Waals surface area contributed by atoms with Crippen molar-refractivity contribution in [2.75, 3.05) is 40.6 Å². The fraction of sp³-hybridized carbons (Fsp3) is 0.571. The third-order valence-electron chi connectivity index (χ3n) is 4.73. The van der Waals surface area contributed by atoms with Gasteiger partial charge in [-0.05, 0) is 43.5 Å². The highest BCUT2D eigenvalue weighted by molar-refractivity contribution is 5.91. The Morgan fingerprint density at radius 3 is 2.61 bits per heavy atom. The number of benzene rings is 1. The molecule has 0 unspecified atom stereocenters. The Morgan fingerprint density at radius 1 is 1.25 bits per heavy atom. The predicted octanol–water partition coefficient (Wildman–Crippen LogP) is 2.21. The maximum Gasteiger partial charge on any atom is 0.286 e. The molecule has 1 amide bonds. The summed E-state index contributed by atoms with van der Waals surface area (Å²) >= 11 is 0. The molecule has 2 rings (SSSR count). The SMILES string of the molecule is CCO[C@@H]1OC(C(=O)NCCOC)=C[C@H](c2ccc(OC)cc2)[C@@H]1CCCO. The predicted molar refractivity (Wildman–Crippen MR) is 105 cm³/mol. The average Bonchev–Trinajstić information content (AvgIpc) is 2.72. The number of amides is 1. The molecule has 156 valence electrons. The maximum atomic E-state index is 12.5. The van der Waals surface area contributed by atoms with Crippen molar-refractivity contribution in [3.05, 3.63) is 41.7 Å². The van der Waals surface area contributed by atoms with Crippen molar-refractivity contribution in [1.29, 1.82) is 0 Å². The molecule has 0 saturated carbocycles. The van der Waals surface area contributed by atoms with Crippen molar-refractivity contribution in [2.24, 2.45) is 5.92 Å². The first-order valence-electron chi connectivity index (χ1n) is 9.66. The van der Waals surface area contributed by atoms with Crippen LogP contribution >= 0.6 is 0 Å². The number of hydrogen-bond acceptors (Lipinski definition) is 6. The van der Waals surface area contributed by atoms with Gasteiger partial charge in [-0.25, -0.2) is 0 Å². The van der Waals surface area contributed by atoms with E-state index in [4.69, 9.17) is 18.9 Å². The monoisotopic (exact) mass is 393 g/mol. The lowest BCUT2D eigenvalue weighted by Gasteiger charge is -2.37. The zero-order valence-electron chi connectivity index (χ0n) is 16.8. The lowest BCUT2D eigenvalue weighted by atomic mass is 9.80. The first-order chi connectivity index (χ1) is 13.6. The van der Waals surface area contributed by atoms with Crippen LogP contribution in [0.4, 0.5) is 0 Å². The molecule has 0 spiro atoms. The second kappa shape index (κ2) is 11.7. The van der Waals surface area contributed by atoms with Gasteiger partial charge < -0.3 is 29.4 Å². The summed E-state index contributed by atoms with van der Waals surface area (Å²) in [5, 5.41) is 12.1. The molecule has 7 heteroatoms. The van der Waals surface area contributed by atoms with Gasteiger partial charge in [-0.3, -0.25) is 4.79 Å². The molecule has 1 aliphatic heterocycles. The van der Waals surface area contributed by atoms with Crippen LogP contribution in [0.25, 0.3) is 0 Å². The number of aliphatic hydroxyl groups excluding tert-OH is 1. The van der Waals surface area contributed by atoms with E-state index >= 15 is 0 Å². The van der Waals surface area contributed by atoms with E-state index in [9.17, 15) is 9.90 Å². The number of aliphatic hydroxyl groups is 1. The second-order valence-electron chi connectivity index (χ2n) is 6.55. The minimum Gasteiger partial charge on any atom is -0.497 e. The third kappa shape index (κ3) is 5.95. The molecular formula is C21H31NO6. The summed E-state index contributed by atoms with van der Waals surface area (Å²) in [7, 11) is 3.21. The van der Waals surface area contributed by atoms with Crippen molar-refractivity contribution in [1.82, 2.24) is 5.32 Å². The molecule has 0 saturated heterocycles. The minimum absolute atomic E-state index is 0.0176. The first-order valence-corrected chi connectivity index (χ1v) is 9.66. The van der Waals surface area contributed by atoms with Gasteiger partial charge in [0.05, 0.1) is 13.7 Å². The van der Waals surface area contributed by atoms with E-state index < -0.39 is 6.29 Å². The van der Waals surface area contributed by atoms with E-state index in [1.807, 2.05) is 37.3 Å². The van der Waals surface area contributed by atoms with Crippen LogP contribution in [0.1, 0.15) is 31.2 Å². The molecule has 1 aromatic carbocycles. The average molecular weight is 393 g/mol. The van der Waals surface area contributed by atoms with Crippen LogP contribution < -0.4 is 10.1 Å². The second-order valence-corrected chi connectivity index (χ2v) is 6.55. The molecule has 0 aliphatic carbocycles. The largest absolute Gasteiger partial charge is 0.497 e. The summed E-state index contributed by atoms with van der Waals surface area (Å²) in [6, 6.07) is 7.77. The molecule has 28 heavy (non-hydrogen) atoms. The molecule has 1 aliphatic rings. The number of carbonyl (C=O) groups excluding carboxylic acids is 1. The van der Waals surface area contributed by atoms with Crippen molar-refractivity contribution in [3.8, 4) is 5.75 Å². The Kier molecular flexibility index (Phi) is 9.27. The Bertz CT molecular complexity index is 630. The van der Waals surface area contributed by atoms with Gasteiger partial charge in [0.15, 0.2) is 5.76 Å². The summed E-state index contributed by atoms with van der Waals surface area (Å²) < 4.78 is 22.0. The quantitative estimate of drug-likeness (QED) is 0.561. The Labute approximate surface area is 166 Å². The fourth-order valence-electron chi connectivity index (χ4n) is 3.32. The van der Waals surface area contributed by atoms with E-state index in [2.05, 4.69) is 5.32 Å². The Balaban J connectivity index is 2.32. The molecular weight excluding hydrogens is 362 g/mol. The zero-order chi connectivity index (χ0) is 20.4. The van der Waals surface area contributed by atoms with Crippen LogP contribution in [-0.2, 0) is 19.0 Å². The van der Waals surface area contributed by atoms with Crippen LogP contribution in [0.2, 0.25) is 0 Å². The van der Waals surface area contributed by atoms with E-state index in [1.54, 1.807) is 14.2 Å². The fourth-order valence-corrected chi connectivity index (χ4v) is 3.32. The topological polar surface area (TPSA) is 86.3 Å². The number of rotatable bonds is 11. The van der Waals surface area contributed by atoms with Crippen LogP contribution in [0, 0.1) is 5.92 Å². The summed E-state index contributed by atoms with van der Waals surface area (Å²) in [5.74, 6) is 0.629. The van der Waals surface area contributed by atoms with Crippen LogP contribution in [0.3, 0.4) is 0 Å². The summed E-state index contributed by atoms with van der Waals surface area (Å²) in [6.07, 6.45) is 2.64. The third-order valence-corrected chi connectivity index (χ3v) is 4.73. The molecule has 0 aromatic heterocycles. The highest BCUT2D eigenvalue weighted by Crippen LogP contribution is 2.39. The smallest absolute Gasteiger partial charge is 0.286 e. The van der Waals surface area contributed by atoms with Crippen molar-refractivity contribution < 1.29 is 28.8 Å². The highest BCUT2D eigenvalue weighted by atomic mass is 16.7. The molecule has 1 heterocycles. The van der Waals surface area contributed by atoms with E-state index in [-0.39, 0.29) is 30.1 Å². The maximum absolute atomic E-state index is 12.5. The molecule has 0 bridgehead atoms. The molecule has 0 radical (unpaired) electrons. The van der Waals surface area contributed by atoms with E-state index in [0.717, 1.165) is 11.3 Å². The molecule has 1 aromatic rings. The van der Waals surface area contributed by atoms with Gasteiger partial charge in [0, 0.05) is 38.7 Å². The standard InChI is InChI=1S/C21H31NO6/c1-4-27-21-17(6-5-12-23)18(15-7-9-16(26-3)10-8-15)14-19(28-21)20(24)22-11-13-25-2/h7-10,14,17-18,21,23H,4-6,11-13H2,1-3H3,(H,22,24)/t17-,18+,21+/m0/s1. The number of methoxy groups -OCH3 is 2. The summed E-state index contributed by atoms with van der Waals surface area (Å²) in [4.78, 5) is 12.5. The molecule has 3 atom stereocenters. The number of carbonyl (C=O) groups is 1. The van der Waals surface area contributed by atoms with E-state index in [1.165, 1.54) is 0 Å². The van der Waals surface area contributed by atoms with Crippen molar-refractivity contribution in [3.63, 3.8) is 0 Å². The molecule has 2 N–H and O–H groups in total. The Morgan fingerprint density at radius 2 is 2.00 bits per heavy atom. The zero-order valence-corrected chi connectivity index (χ0v) is 16.8. The van der Waals surface area contributed by atoms with Gasteiger partial charge in [0.25, 0.3) is 5.91 Å². The summed E-state index contributed by atoms with van der Waals surface area (Å²) in [6.45, 7) is 3.28. The van der Waals surface area contributed by atoms with E-state index in [0.29, 0.717) is 32.6 Å². The summed E-state index contributed by atoms with van der Waals surface area (Å²) in [5.41, 5.74) is 1.04. The highest BCUT2D eigenvalue weighted by Gasteiger charge is 2.37. The van der Waals surface area contributed by atoms with Crippen LogP contribution in [0.15, 0.2) is 36.1 Å².